The van der Waals surface area contributed by atoms with Crippen molar-refractivity contribution in [1.82, 2.24) is 24.8 Å². The standard InChI is InChI=1S/C18H23N5O2S/c1-11-16(26-18-21-20-12(2)23(11)18)17(24)19-10-15(22(3)4)13-6-8-14(25-5)9-7-13/h6-9,15H,10H2,1-5H3,(H,19,24). The molecule has 0 saturated heterocycles. The monoisotopic (exact) mass is 373 g/mol. The number of likely N-dealkylation sites (N-methyl/N-ethyl adjacent to an activating group) is 1. The fourth-order valence-corrected chi connectivity index (χ4v) is 4.00. The Morgan fingerprint density at radius 2 is 1.96 bits per heavy atom. The van der Waals surface area contributed by atoms with E-state index in [0.717, 1.165) is 27.8 Å². The molecule has 138 valence electrons. The molecule has 1 unspecified atom stereocenters. The SMILES string of the molecule is COc1ccc(C(CNC(=O)c2sc3nnc(C)n3c2C)N(C)C)cc1. The molecular weight excluding hydrogens is 350 g/mol. The second-order valence-electron chi connectivity index (χ2n) is 6.34. The Morgan fingerprint density at radius 1 is 1.27 bits per heavy atom. The van der Waals surface area contributed by atoms with Gasteiger partial charge in [-0.2, -0.15) is 0 Å². The van der Waals surface area contributed by atoms with Crippen LogP contribution in [0.3, 0.4) is 0 Å². The summed E-state index contributed by atoms with van der Waals surface area (Å²) in [7, 11) is 5.65. The topological polar surface area (TPSA) is 71.8 Å². The summed E-state index contributed by atoms with van der Waals surface area (Å²) in [6.07, 6.45) is 0. The summed E-state index contributed by atoms with van der Waals surface area (Å²) in [4.78, 5) is 16.2. The highest BCUT2D eigenvalue weighted by molar-refractivity contribution is 7.19. The number of carbonyl (C=O) groups is 1. The number of methoxy groups -OCH3 is 1. The first-order valence-corrected chi connectivity index (χ1v) is 9.13. The first-order chi connectivity index (χ1) is 12.4. The Kier molecular flexibility index (Phi) is 5.24. The summed E-state index contributed by atoms with van der Waals surface area (Å²) in [5.41, 5.74) is 1.99. The number of aryl methyl sites for hydroxylation is 2. The number of benzene rings is 1. The lowest BCUT2D eigenvalue weighted by Gasteiger charge is -2.25. The second-order valence-corrected chi connectivity index (χ2v) is 7.32. The smallest absolute Gasteiger partial charge is 0.263 e. The van der Waals surface area contributed by atoms with Crippen molar-refractivity contribution < 1.29 is 9.53 Å². The van der Waals surface area contributed by atoms with Crippen LogP contribution in [0.4, 0.5) is 0 Å². The van der Waals surface area contributed by atoms with E-state index in [9.17, 15) is 4.79 Å². The van der Waals surface area contributed by atoms with E-state index in [4.69, 9.17) is 4.74 Å². The predicted molar refractivity (Wildman–Crippen MR) is 102 cm³/mol. The van der Waals surface area contributed by atoms with Crippen LogP contribution < -0.4 is 10.1 Å². The number of carbonyl (C=O) groups excluding carboxylic acids is 1. The van der Waals surface area contributed by atoms with Gasteiger partial charge in [-0.25, -0.2) is 0 Å². The molecule has 0 fully saturated rings. The van der Waals surface area contributed by atoms with E-state index >= 15 is 0 Å². The van der Waals surface area contributed by atoms with E-state index in [1.807, 2.05) is 56.6 Å². The Labute approximate surface area is 156 Å². The molecule has 8 heteroatoms. The number of rotatable bonds is 6. The van der Waals surface area contributed by atoms with Crippen molar-refractivity contribution in [3.8, 4) is 5.75 Å². The first kappa shape index (κ1) is 18.3. The Bertz CT molecular complexity index is 914. The van der Waals surface area contributed by atoms with Crippen molar-refractivity contribution in [2.24, 2.45) is 0 Å². The third-order valence-electron chi connectivity index (χ3n) is 4.44. The van der Waals surface area contributed by atoms with Gasteiger partial charge < -0.3 is 15.0 Å². The van der Waals surface area contributed by atoms with Gasteiger partial charge in [0.25, 0.3) is 5.91 Å². The molecule has 1 N–H and O–H groups in total. The Balaban J connectivity index is 1.75. The number of hydrogen-bond donors (Lipinski definition) is 1. The van der Waals surface area contributed by atoms with Gasteiger partial charge in [0.1, 0.15) is 16.5 Å². The molecular formula is C18H23N5O2S. The maximum Gasteiger partial charge on any atom is 0.263 e. The lowest BCUT2D eigenvalue weighted by molar-refractivity contribution is 0.0945. The van der Waals surface area contributed by atoms with Gasteiger partial charge in [-0.05, 0) is 45.6 Å². The molecule has 0 bridgehead atoms. The maximum absolute atomic E-state index is 12.7. The van der Waals surface area contributed by atoms with Gasteiger partial charge in [0.15, 0.2) is 0 Å². The zero-order valence-electron chi connectivity index (χ0n) is 15.6. The van der Waals surface area contributed by atoms with Crippen LogP contribution in [-0.2, 0) is 0 Å². The van der Waals surface area contributed by atoms with E-state index in [0.29, 0.717) is 11.4 Å². The summed E-state index contributed by atoms with van der Waals surface area (Å²) in [5, 5.41) is 11.2. The molecule has 3 aromatic rings. The Morgan fingerprint density at radius 3 is 2.54 bits per heavy atom. The van der Waals surface area contributed by atoms with Crippen molar-refractivity contribution in [3.05, 3.63) is 46.2 Å². The van der Waals surface area contributed by atoms with Gasteiger partial charge in [0.2, 0.25) is 4.96 Å². The molecule has 0 spiro atoms. The van der Waals surface area contributed by atoms with Crippen molar-refractivity contribution in [3.63, 3.8) is 0 Å². The highest BCUT2D eigenvalue weighted by atomic mass is 32.1. The second kappa shape index (κ2) is 7.43. The van der Waals surface area contributed by atoms with Crippen LogP contribution in [0.25, 0.3) is 4.96 Å². The molecule has 0 radical (unpaired) electrons. The van der Waals surface area contributed by atoms with E-state index in [1.54, 1.807) is 7.11 Å². The molecule has 0 aliphatic heterocycles. The molecule has 1 amide bonds. The average molecular weight is 373 g/mol. The highest BCUT2D eigenvalue weighted by Gasteiger charge is 2.21. The van der Waals surface area contributed by atoms with Crippen molar-refractivity contribution >= 4 is 22.2 Å². The lowest BCUT2D eigenvalue weighted by atomic mass is 10.1. The minimum atomic E-state index is -0.0854. The quantitative estimate of drug-likeness (QED) is 0.719. The minimum Gasteiger partial charge on any atom is -0.497 e. The number of ether oxygens (including phenoxy) is 1. The summed E-state index contributed by atoms with van der Waals surface area (Å²) < 4.78 is 7.12. The van der Waals surface area contributed by atoms with Crippen LogP contribution in [0, 0.1) is 13.8 Å². The average Bonchev–Trinajstić information content (AvgIpc) is 3.15. The van der Waals surface area contributed by atoms with Crippen LogP contribution in [0.1, 0.15) is 32.8 Å². The zero-order valence-corrected chi connectivity index (χ0v) is 16.4. The number of thiazole rings is 1. The molecule has 2 aromatic heterocycles. The number of nitrogens with zero attached hydrogens (tertiary/aromatic N) is 4. The fraction of sp³-hybridized carbons (Fsp3) is 0.389. The summed E-state index contributed by atoms with van der Waals surface area (Å²) in [6, 6.07) is 7.98. The third-order valence-corrected chi connectivity index (χ3v) is 5.57. The van der Waals surface area contributed by atoms with E-state index in [1.165, 1.54) is 11.3 Å². The first-order valence-electron chi connectivity index (χ1n) is 8.32. The molecule has 26 heavy (non-hydrogen) atoms. The van der Waals surface area contributed by atoms with Gasteiger partial charge in [-0.3, -0.25) is 9.20 Å². The van der Waals surface area contributed by atoms with Crippen molar-refractivity contribution in [2.45, 2.75) is 19.9 Å². The summed E-state index contributed by atoms with van der Waals surface area (Å²) in [5.74, 6) is 1.52. The van der Waals surface area contributed by atoms with Gasteiger partial charge in [0.05, 0.1) is 13.2 Å². The van der Waals surface area contributed by atoms with Gasteiger partial charge in [0, 0.05) is 12.2 Å². The molecule has 7 nitrogen and oxygen atoms in total. The molecule has 0 aliphatic rings. The largest absolute Gasteiger partial charge is 0.497 e. The number of nitrogens with one attached hydrogen (secondary N) is 1. The van der Waals surface area contributed by atoms with Crippen LogP contribution in [0.5, 0.6) is 5.75 Å². The lowest BCUT2D eigenvalue weighted by Crippen LogP contribution is -2.34. The zero-order chi connectivity index (χ0) is 18.8. The van der Waals surface area contributed by atoms with E-state index < -0.39 is 0 Å². The predicted octanol–water partition coefficient (Wildman–Crippen LogP) is 2.45. The summed E-state index contributed by atoms with van der Waals surface area (Å²) >= 11 is 1.36. The summed E-state index contributed by atoms with van der Waals surface area (Å²) in [6.45, 7) is 4.31. The van der Waals surface area contributed by atoms with E-state index in [2.05, 4.69) is 20.4 Å². The minimum absolute atomic E-state index is 0.0672. The van der Waals surface area contributed by atoms with Gasteiger partial charge in [-0.1, -0.05) is 23.5 Å². The highest BCUT2D eigenvalue weighted by Crippen LogP contribution is 2.24. The maximum atomic E-state index is 12.7. The van der Waals surface area contributed by atoms with Crippen LogP contribution >= 0.6 is 11.3 Å². The molecule has 1 aromatic carbocycles. The van der Waals surface area contributed by atoms with E-state index in [-0.39, 0.29) is 11.9 Å². The molecule has 0 saturated carbocycles. The number of hydrogen-bond acceptors (Lipinski definition) is 6. The fourth-order valence-electron chi connectivity index (χ4n) is 2.97. The molecule has 2 heterocycles. The molecule has 1 atom stereocenters. The number of fused-ring (bicyclic) bond motifs is 1. The van der Waals surface area contributed by atoms with Crippen molar-refractivity contribution in [1.29, 1.82) is 0 Å². The third kappa shape index (κ3) is 3.42. The van der Waals surface area contributed by atoms with Crippen LogP contribution in [0.2, 0.25) is 0 Å². The molecule has 3 rings (SSSR count). The van der Waals surface area contributed by atoms with Gasteiger partial charge in [-0.15, -0.1) is 10.2 Å². The number of amides is 1. The van der Waals surface area contributed by atoms with Crippen LogP contribution in [0.15, 0.2) is 24.3 Å². The van der Waals surface area contributed by atoms with Crippen molar-refractivity contribution in [2.75, 3.05) is 27.7 Å². The van der Waals surface area contributed by atoms with Gasteiger partial charge >= 0.3 is 0 Å². The molecule has 0 aliphatic carbocycles. The number of aromatic nitrogens is 3. The van der Waals surface area contributed by atoms with Crippen LogP contribution in [-0.4, -0.2) is 53.2 Å². The Hall–Kier alpha value is -2.45. The normalized spacial score (nSPS) is 12.5.